The molecule has 0 amide bonds. The number of hydrogen-bond donors (Lipinski definition) is 1. The van der Waals surface area contributed by atoms with E-state index in [2.05, 4.69) is 5.10 Å². The SMILES string of the molecule is Cn1[nH]c2cc(B3OC(C)(C)C(C)(C)O3)ccc2c1=O. The zero-order valence-electron chi connectivity index (χ0n) is 12.5. The van der Waals surface area contributed by atoms with Gasteiger partial charge >= 0.3 is 7.12 Å². The van der Waals surface area contributed by atoms with E-state index in [0.717, 1.165) is 11.0 Å². The van der Waals surface area contributed by atoms with Crippen LogP contribution in [0.4, 0.5) is 0 Å². The summed E-state index contributed by atoms with van der Waals surface area (Å²) >= 11 is 0. The van der Waals surface area contributed by atoms with Crippen molar-refractivity contribution in [3.05, 3.63) is 28.6 Å². The van der Waals surface area contributed by atoms with E-state index in [0.29, 0.717) is 5.39 Å². The van der Waals surface area contributed by atoms with Gasteiger partial charge in [0.25, 0.3) is 5.56 Å². The number of nitrogens with zero attached hydrogens (tertiary/aromatic N) is 1. The zero-order valence-corrected chi connectivity index (χ0v) is 12.5. The highest BCUT2D eigenvalue weighted by Gasteiger charge is 2.51. The molecule has 20 heavy (non-hydrogen) atoms. The lowest BCUT2D eigenvalue weighted by molar-refractivity contribution is 0.00578. The smallest absolute Gasteiger partial charge is 0.399 e. The van der Waals surface area contributed by atoms with Crippen LogP contribution < -0.4 is 11.0 Å². The van der Waals surface area contributed by atoms with Crippen molar-refractivity contribution in [3.8, 4) is 0 Å². The average Bonchev–Trinajstić information content (AvgIpc) is 2.74. The summed E-state index contributed by atoms with van der Waals surface area (Å²) in [7, 11) is 1.30. The number of hydrogen-bond acceptors (Lipinski definition) is 3. The molecule has 1 N–H and O–H groups in total. The lowest BCUT2D eigenvalue weighted by atomic mass is 9.79. The third-order valence-corrected chi connectivity index (χ3v) is 4.39. The third kappa shape index (κ3) is 1.83. The van der Waals surface area contributed by atoms with Gasteiger partial charge in [-0.2, -0.15) is 0 Å². The summed E-state index contributed by atoms with van der Waals surface area (Å²) in [6.45, 7) is 8.09. The van der Waals surface area contributed by atoms with Crippen molar-refractivity contribution in [1.82, 2.24) is 9.78 Å². The molecular formula is C14H19BN2O3. The van der Waals surface area contributed by atoms with Gasteiger partial charge in [0, 0.05) is 7.05 Å². The van der Waals surface area contributed by atoms with E-state index in [4.69, 9.17) is 9.31 Å². The van der Waals surface area contributed by atoms with Crippen molar-refractivity contribution in [1.29, 1.82) is 0 Å². The molecule has 5 nitrogen and oxygen atoms in total. The summed E-state index contributed by atoms with van der Waals surface area (Å²) < 4.78 is 13.5. The molecule has 0 atom stereocenters. The van der Waals surface area contributed by atoms with Crippen molar-refractivity contribution >= 4 is 23.5 Å². The van der Waals surface area contributed by atoms with Gasteiger partial charge in [-0.1, -0.05) is 6.07 Å². The standard InChI is InChI=1S/C14H19BN2O3/c1-13(2)14(3,4)20-15(19-13)9-6-7-10-11(8-9)16-17(5)12(10)18/h6-8,16H,1-5H3. The van der Waals surface area contributed by atoms with Gasteiger partial charge in [0.15, 0.2) is 0 Å². The van der Waals surface area contributed by atoms with Gasteiger partial charge in [0.1, 0.15) is 0 Å². The van der Waals surface area contributed by atoms with Gasteiger partial charge in [-0.3, -0.25) is 14.6 Å². The average molecular weight is 274 g/mol. The number of rotatable bonds is 1. The largest absolute Gasteiger partial charge is 0.494 e. The molecule has 1 fully saturated rings. The number of aromatic nitrogens is 2. The fourth-order valence-corrected chi connectivity index (χ4v) is 2.38. The first-order chi connectivity index (χ1) is 9.21. The van der Waals surface area contributed by atoms with E-state index in [1.54, 1.807) is 7.05 Å². The van der Waals surface area contributed by atoms with E-state index < -0.39 is 7.12 Å². The Balaban J connectivity index is 2.02. The van der Waals surface area contributed by atoms with Gasteiger partial charge in [-0.05, 0) is 45.3 Å². The normalized spacial score (nSPS) is 20.8. The highest BCUT2D eigenvalue weighted by atomic mass is 16.7. The number of aryl methyl sites for hydroxylation is 1. The van der Waals surface area contributed by atoms with Gasteiger partial charge in [-0.15, -0.1) is 0 Å². The molecule has 2 aromatic rings. The number of benzene rings is 1. The van der Waals surface area contributed by atoms with Crippen LogP contribution in [0.3, 0.4) is 0 Å². The van der Waals surface area contributed by atoms with Crippen LogP contribution in [0.5, 0.6) is 0 Å². The summed E-state index contributed by atoms with van der Waals surface area (Å²) in [5, 5.41) is 3.70. The fourth-order valence-electron chi connectivity index (χ4n) is 2.38. The topological polar surface area (TPSA) is 56.2 Å². The maximum Gasteiger partial charge on any atom is 0.494 e. The molecule has 0 radical (unpaired) electrons. The molecule has 1 saturated heterocycles. The summed E-state index contributed by atoms with van der Waals surface area (Å²) in [5.41, 5.74) is 0.955. The Hall–Kier alpha value is -1.53. The second-order valence-corrected chi connectivity index (χ2v) is 6.37. The maximum atomic E-state index is 11.8. The van der Waals surface area contributed by atoms with Crippen molar-refractivity contribution in [3.63, 3.8) is 0 Å². The molecule has 2 heterocycles. The quantitative estimate of drug-likeness (QED) is 0.794. The summed E-state index contributed by atoms with van der Waals surface area (Å²) in [4.78, 5) is 11.8. The predicted octanol–water partition coefficient (Wildman–Crippen LogP) is 1.17. The Morgan fingerprint density at radius 1 is 1.15 bits per heavy atom. The lowest BCUT2D eigenvalue weighted by Gasteiger charge is -2.32. The molecule has 1 aromatic heterocycles. The zero-order chi connectivity index (χ0) is 14.7. The predicted molar refractivity (Wildman–Crippen MR) is 79.3 cm³/mol. The first-order valence-corrected chi connectivity index (χ1v) is 6.75. The van der Waals surface area contributed by atoms with Crippen molar-refractivity contribution in [2.45, 2.75) is 38.9 Å². The van der Waals surface area contributed by atoms with Gasteiger partial charge in [0.2, 0.25) is 0 Å². The first-order valence-electron chi connectivity index (χ1n) is 6.75. The Morgan fingerprint density at radius 3 is 2.35 bits per heavy atom. The van der Waals surface area contributed by atoms with Crippen molar-refractivity contribution < 1.29 is 9.31 Å². The van der Waals surface area contributed by atoms with Gasteiger partial charge < -0.3 is 9.31 Å². The van der Waals surface area contributed by atoms with Crippen LogP contribution >= 0.6 is 0 Å². The van der Waals surface area contributed by atoms with Crippen LogP contribution in [-0.2, 0) is 16.4 Å². The van der Waals surface area contributed by atoms with Crippen LogP contribution in [0.25, 0.3) is 10.9 Å². The molecule has 1 aliphatic rings. The van der Waals surface area contributed by atoms with Crippen LogP contribution in [0.2, 0.25) is 0 Å². The van der Waals surface area contributed by atoms with E-state index in [-0.39, 0.29) is 16.8 Å². The number of nitrogens with one attached hydrogen (secondary N) is 1. The third-order valence-electron chi connectivity index (χ3n) is 4.39. The van der Waals surface area contributed by atoms with E-state index in [1.165, 1.54) is 4.68 Å². The van der Waals surface area contributed by atoms with E-state index in [1.807, 2.05) is 45.9 Å². The molecule has 6 heteroatoms. The van der Waals surface area contributed by atoms with Crippen molar-refractivity contribution in [2.75, 3.05) is 0 Å². The van der Waals surface area contributed by atoms with Crippen LogP contribution in [0.15, 0.2) is 23.0 Å². The molecular weight excluding hydrogens is 255 g/mol. The molecule has 0 aliphatic carbocycles. The molecule has 0 bridgehead atoms. The van der Waals surface area contributed by atoms with Crippen LogP contribution in [0, 0.1) is 0 Å². The first kappa shape index (κ1) is 13.5. The fraction of sp³-hybridized carbons (Fsp3) is 0.500. The number of fused-ring (bicyclic) bond motifs is 1. The summed E-state index contributed by atoms with van der Waals surface area (Å²) in [6.07, 6.45) is 0. The Bertz CT molecular complexity index is 714. The minimum Gasteiger partial charge on any atom is -0.399 e. The summed E-state index contributed by atoms with van der Waals surface area (Å²) in [5.74, 6) is 0. The van der Waals surface area contributed by atoms with Crippen molar-refractivity contribution in [2.24, 2.45) is 7.05 Å². The highest BCUT2D eigenvalue weighted by molar-refractivity contribution is 6.62. The second-order valence-electron chi connectivity index (χ2n) is 6.37. The number of aromatic amines is 1. The van der Waals surface area contributed by atoms with E-state index in [9.17, 15) is 4.79 Å². The minimum atomic E-state index is -0.409. The molecule has 3 rings (SSSR count). The van der Waals surface area contributed by atoms with Crippen LogP contribution in [0.1, 0.15) is 27.7 Å². The maximum absolute atomic E-state index is 11.8. The molecule has 0 spiro atoms. The second kappa shape index (κ2) is 3.99. The minimum absolute atomic E-state index is 0.0273. The molecule has 1 aliphatic heterocycles. The van der Waals surface area contributed by atoms with Gasteiger partial charge in [0.05, 0.1) is 22.1 Å². The molecule has 0 saturated carbocycles. The van der Waals surface area contributed by atoms with E-state index >= 15 is 0 Å². The molecule has 1 aromatic carbocycles. The molecule has 106 valence electrons. The Labute approximate surface area is 118 Å². The monoisotopic (exact) mass is 274 g/mol. The summed E-state index contributed by atoms with van der Waals surface area (Å²) in [6, 6.07) is 5.62. The van der Waals surface area contributed by atoms with Gasteiger partial charge in [-0.25, -0.2) is 0 Å². The number of H-pyrrole nitrogens is 1. The lowest BCUT2D eigenvalue weighted by Crippen LogP contribution is -2.41. The highest BCUT2D eigenvalue weighted by Crippen LogP contribution is 2.36. The molecule has 0 unspecified atom stereocenters. The Morgan fingerprint density at radius 2 is 1.75 bits per heavy atom. The van der Waals surface area contributed by atoms with Crippen LogP contribution in [-0.4, -0.2) is 28.1 Å². The Kier molecular flexibility index (Phi) is 2.69.